The van der Waals surface area contributed by atoms with Gasteiger partial charge in [0, 0.05) is 6.08 Å². The average molecular weight is 568 g/mol. The number of alkyl halides is 17. The Morgan fingerprint density at radius 2 is 0.829 bits per heavy atom. The molecule has 0 heterocycles. The van der Waals surface area contributed by atoms with Crippen molar-refractivity contribution in [3.8, 4) is 0 Å². The second-order valence-corrected chi connectivity index (χ2v) is 5.40. The Hall–Kier alpha value is -2.14. The molecule has 0 rings (SSSR count). The van der Waals surface area contributed by atoms with E-state index in [4.69, 9.17) is 0 Å². The molecule has 0 aliphatic rings. The zero-order chi connectivity index (χ0) is 28.5. The summed E-state index contributed by atoms with van der Waals surface area (Å²) in [5.74, 6) is -1.81. The highest BCUT2D eigenvalue weighted by Gasteiger charge is 2.77. The number of esters is 1. The molecular formula is C12H5F17O6. The largest absolute Gasteiger partial charge is 0.527 e. The summed E-state index contributed by atoms with van der Waals surface area (Å²) >= 11 is 0. The highest BCUT2D eigenvalue weighted by atomic mass is 19.4. The lowest BCUT2D eigenvalue weighted by atomic mass is 10.5. The Morgan fingerprint density at radius 3 is 1.11 bits per heavy atom. The van der Waals surface area contributed by atoms with Gasteiger partial charge < -0.3 is 4.74 Å². The van der Waals surface area contributed by atoms with Gasteiger partial charge in [0.05, 0.1) is 0 Å². The van der Waals surface area contributed by atoms with Crippen LogP contribution in [0.5, 0.6) is 0 Å². The molecule has 0 unspecified atom stereocenters. The van der Waals surface area contributed by atoms with Crippen LogP contribution in [0.4, 0.5) is 74.6 Å². The summed E-state index contributed by atoms with van der Waals surface area (Å²) in [6.07, 6.45) is -56.8. The molecule has 0 bridgehead atoms. The third-order valence-electron chi connectivity index (χ3n) is 2.60. The second kappa shape index (κ2) is 9.72. The first-order chi connectivity index (χ1) is 15.0. The van der Waals surface area contributed by atoms with Crippen molar-refractivity contribution in [2.24, 2.45) is 0 Å². The minimum absolute atomic E-state index is 0.119. The molecule has 23 heteroatoms. The zero-order valence-corrected chi connectivity index (χ0v) is 15.4. The fourth-order valence-corrected chi connectivity index (χ4v) is 1.25. The molecule has 0 N–H and O–H groups in total. The topological polar surface area (TPSA) is 63.2 Å². The Kier molecular flexibility index (Phi) is 9.13. The van der Waals surface area contributed by atoms with Gasteiger partial charge in [-0.1, -0.05) is 6.58 Å². The molecule has 0 saturated heterocycles. The maximum atomic E-state index is 13.2. The summed E-state index contributed by atoms with van der Waals surface area (Å²) in [4.78, 5) is 10.5. The lowest BCUT2D eigenvalue weighted by Gasteiger charge is -2.35. The molecule has 0 aromatic rings. The lowest BCUT2D eigenvalue weighted by Crippen LogP contribution is -2.60. The highest BCUT2D eigenvalue weighted by Crippen LogP contribution is 2.51. The van der Waals surface area contributed by atoms with E-state index in [0.717, 1.165) is 0 Å². The number of hydrogen-bond donors (Lipinski definition) is 0. The molecular weight excluding hydrogens is 563 g/mol. The smallest absolute Gasteiger partial charge is 0.453 e. The molecule has 0 aliphatic heterocycles. The molecule has 0 aliphatic carbocycles. The van der Waals surface area contributed by atoms with Crippen molar-refractivity contribution in [1.82, 2.24) is 0 Å². The summed E-state index contributed by atoms with van der Waals surface area (Å²) < 4.78 is 227. The molecule has 0 amide bonds. The molecule has 6 nitrogen and oxygen atoms in total. The van der Waals surface area contributed by atoms with Crippen molar-refractivity contribution >= 4 is 5.97 Å². The van der Waals surface area contributed by atoms with E-state index in [1.54, 1.807) is 0 Å². The van der Waals surface area contributed by atoms with Gasteiger partial charge in [-0.2, -0.15) is 61.5 Å². The third-order valence-corrected chi connectivity index (χ3v) is 2.60. The molecule has 0 saturated carbocycles. The van der Waals surface area contributed by atoms with Crippen LogP contribution < -0.4 is 0 Å². The first-order valence-corrected chi connectivity index (χ1v) is 7.34. The molecule has 208 valence electrons. The molecule has 0 aromatic carbocycles. The monoisotopic (exact) mass is 568 g/mol. The van der Waals surface area contributed by atoms with Gasteiger partial charge in [-0.3, -0.25) is 0 Å². The Balaban J connectivity index is 5.77. The molecule has 0 aromatic heterocycles. The Labute approximate surface area is 179 Å². The third kappa shape index (κ3) is 8.79. The van der Waals surface area contributed by atoms with Crippen molar-refractivity contribution in [2.75, 3.05) is 6.61 Å². The number of rotatable bonds is 13. The maximum Gasteiger partial charge on any atom is 0.527 e. The Morgan fingerprint density at radius 1 is 0.543 bits per heavy atom. The van der Waals surface area contributed by atoms with Crippen LogP contribution in [0.25, 0.3) is 0 Å². The predicted molar refractivity (Wildman–Crippen MR) is 66.2 cm³/mol. The maximum absolute atomic E-state index is 13.2. The number of ether oxygens (including phenoxy) is 5. The van der Waals surface area contributed by atoms with E-state index < -0.39 is 61.7 Å². The first kappa shape index (κ1) is 32.9. The Bertz CT molecular complexity index is 761. The van der Waals surface area contributed by atoms with E-state index in [0.29, 0.717) is 0 Å². The van der Waals surface area contributed by atoms with E-state index in [1.165, 1.54) is 14.2 Å². The van der Waals surface area contributed by atoms with Crippen LogP contribution in [0, 0.1) is 0 Å². The fraction of sp³-hybridized carbons (Fsp3) is 0.750. The first-order valence-electron chi connectivity index (χ1n) is 7.34. The van der Waals surface area contributed by atoms with E-state index in [1.807, 2.05) is 0 Å². The summed E-state index contributed by atoms with van der Waals surface area (Å²) in [5, 5.41) is 0. The van der Waals surface area contributed by atoms with Crippen molar-refractivity contribution in [3.63, 3.8) is 0 Å². The fourth-order valence-electron chi connectivity index (χ4n) is 1.25. The van der Waals surface area contributed by atoms with Crippen molar-refractivity contribution in [3.05, 3.63) is 12.7 Å². The van der Waals surface area contributed by atoms with Crippen molar-refractivity contribution in [2.45, 2.75) is 49.1 Å². The van der Waals surface area contributed by atoms with E-state index in [9.17, 15) is 79.4 Å². The summed E-state index contributed by atoms with van der Waals surface area (Å²) in [7, 11) is 0. The molecule has 0 spiro atoms. The van der Waals surface area contributed by atoms with E-state index in [2.05, 4.69) is 16.1 Å². The highest BCUT2D eigenvalue weighted by molar-refractivity contribution is 5.81. The van der Waals surface area contributed by atoms with Crippen LogP contribution in [0.1, 0.15) is 0 Å². The normalized spacial score (nSPS) is 15.2. The van der Waals surface area contributed by atoms with Crippen LogP contribution in [0.3, 0.4) is 0 Å². The van der Waals surface area contributed by atoms with Crippen molar-refractivity contribution < 1.29 is 103 Å². The zero-order valence-electron chi connectivity index (χ0n) is 15.4. The van der Waals surface area contributed by atoms with Crippen LogP contribution in [0.2, 0.25) is 0 Å². The van der Waals surface area contributed by atoms with Gasteiger partial charge in [0.15, 0.2) is 6.61 Å². The van der Waals surface area contributed by atoms with Gasteiger partial charge in [0.25, 0.3) is 0 Å². The van der Waals surface area contributed by atoms with Crippen LogP contribution in [-0.2, 0) is 28.5 Å². The average Bonchev–Trinajstić information content (AvgIpc) is 2.54. The van der Waals surface area contributed by atoms with Crippen molar-refractivity contribution in [1.29, 1.82) is 0 Å². The van der Waals surface area contributed by atoms with Crippen LogP contribution >= 0.6 is 0 Å². The number of carbonyl (C=O) groups excluding carboxylic acids is 1. The lowest BCUT2D eigenvalue weighted by molar-refractivity contribution is -0.580. The number of hydrogen-bond acceptors (Lipinski definition) is 6. The molecule has 0 fully saturated rings. The summed E-state index contributed by atoms with van der Waals surface area (Å²) in [5.41, 5.74) is 0. The van der Waals surface area contributed by atoms with Gasteiger partial charge in [-0.15, -0.1) is 13.2 Å². The van der Waals surface area contributed by atoms with E-state index >= 15 is 0 Å². The second-order valence-electron chi connectivity index (χ2n) is 5.40. The molecule has 0 radical (unpaired) electrons. The minimum Gasteiger partial charge on any atom is -0.453 e. The van der Waals surface area contributed by atoms with Crippen LogP contribution in [0.15, 0.2) is 12.7 Å². The number of halogens is 17. The quantitative estimate of drug-likeness (QED) is 0.167. The van der Waals surface area contributed by atoms with Gasteiger partial charge in [-0.25, -0.2) is 23.7 Å². The van der Waals surface area contributed by atoms with E-state index in [-0.39, 0.29) is 6.08 Å². The van der Waals surface area contributed by atoms with Gasteiger partial charge >= 0.3 is 55.1 Å². The molecule has 35 heavy (non-hydrogen) atoms. The number of carbonyl (C=O) groups is 1. The van der Waals surface area contributed by atoms with Crippen LogP contribution in [-0.4, -0.2) is 61.7 Å². The van der Waals surface area contributed by atoms with Gasteiger partial charge in [-0.05, 0) is 0 Å². The minimum atomic E-state index is -7.61. The SMILES string of the molecule is C=CC(=O)OCC(F)(F)OC(F)(F)C(F)(F)OC(F)(F)C(F)(F)OC(F)(F)C(F)(F)OC(F)(F)F. The summed E-state index contributed by atoms with van der Waals surface area (Å²) in [6.45, 7) is -0.0353. The van der Waals surface area contributed by atoms with Gasteiger partial charge in [0.2, 0.25) is 0 Å². The molecule has 0 atom stereocenters. The summed E-state index contributed by atoms with van der Waals surface area (Å²) in [6, 6.07) is 0. The standard InChI is InChI=1S/C12H5F17O6/c1-2-4(30)31-3-5(13,14)32-6(15,16)7(17,18)33-8(19,20)9(21,22)34-10(23,24)11(25,26)35-12(27,28)29/h2H,1,3H2. The predicted octanol–water partition coefficient (Wildman–Crippen LogP) is 5.45. The van der Waals surface area contributed by atoms with Gasteiger partial charge in [0.1, 0.15) is 0 Å².